The number of hydrogen-bond donors (Lipinski definition) is 2. The maximum atomic E-state index is 13.4. The molecule has 0 radical (unpaired) electrons. The molecule has 100 valence electrons. The Balaban J connectivity index is 1.86. The molecule has 0 atom stereocenters. The fourth-order valence-corrected chi connectivity index (χ4v) is 2.04. The molecule has 3 nitrogen and oxygen atoms in total. The number of ether oxygens (including phenoxy) is 1. The van der Waals surface area contributed by atoms with Crippen LogP contribution < -0.4 is 5.32 Å². The van der Waals surface area contributed by atoms with Gasteiger partial charge in [0.25, 0.3) is 0 Å². The lowest BCUT2D eigenvalue weighted by atomic mass is 9.94. The molecule has 18 heavy (non-hydrogen) atoms. The van der Waals surface area contributed by atoms with Gasteiger partial charge in [0.15, 0.2) is 11.6 Å². The summed E-state index contributed by atoms with van der Waals surface area (Å²) in [7, 11) is 0. The van der Waals surface area contributed by atoms with Crippen molar-refractivity contribution in [2.75, 3.05) is 19.8 Å². The minimum absolute atomic E-state index is 0.201. The minimum Gasteiger partial charge on any atom is -0.388 e. The van der Waals surface area contributed by atoms with E-state index in [9.17, 15) is 13.9 Å². The molecule has 1 aliphatic rings. The number of hydrogen-bond acceptors (Lipinski definition) is 3. The van der Waals surface area contributed by atoms with E-state index in [-0.39, 0.29) is 12.1 Å². The second-order valence-corrected chi connectivity index (χ2v) is 4.65. The second kappa shape index (κ2) is 5.73. The van der Waals surface area contributed by atoms with Gasteiger partial charge in [-0.25, -0.2) is 8.78 Å². The van der Waals surface area contributed by atoms with E-state index in [0.29, 0.717) is 32.6 Å². The topological polar surface area (TPSA) is 41.5 Å². The van der Waals surface area contributed by atoms with Crippen LogP contribution in [0, 0.1) is 11.6 Å². The zero-order chi connectivity index (χ0) is 13.0. The van der Waals surface area contributed by atoms with Crippen molar-refractivity contribution >= 4 is 0 Å². The van der Waals surface area contributed by atoms with Crippen molar-refractivity contribution in [2.45, 2.75) is 25.0 Å². The highest BCUT2D eigenvalue weighted by atomic mass is 19.2. The van der Waals surface area contributed by atoms with Gasteiger partial charge in [-0.1, -0.05) is 12.1 Å². The van der Waals surface area contributed by atoms with Gasteiger partial charge in [-0.2, -0.15) is 0 Å². The molecule has 1 aromatic carbocycles. The van der Waals surface area contributed by atoms with Crippen LogP contribution in [0.3, 0.4) is 0 Å². The van der Waals surface area contributed by atoms with Crippen molar-refractivity contribution in [1.82, 2.24) is 5.32 Å². The Bertz CT molecular complexity index is 406. The van der Waals surface area contributed by atoms with Gasteiger partial charge in [-0.15, -0.1) is 0 Å². The zero-order valence-corrected chi connectivity index (χ0v) is 10.1. The van der Waals surface area contributed by atoms with Crippen molar-refractivity contribution in [3.05, 3.63) is 35.4 Å². The lowest BCUT2D eigenvalue weighted by molar-refractivity contribution is -0.0617. The van der Waals surface area contributed by atoms with Crippen molar-refractivity contribution in [3.63, 3.8) is 0 Å². The molecule has 1 aliphatic heterocycles. The van der Waals surface area contributed by atoms with Crippen molar-refractivity contribution < 1.29 is 18.6 Å². The summed E-state index contributed by atoms with van der Waals surface area (Å²) in [5, 5.41) is 13.1. The molecule has 5 heteroatoms. The third kappa shape index (κ3) is 3.25. The summed E-state index contributed by atoms with van der Waals surface area (Å²) in [5.74, 6) is -1.68. The molecular weight excluding hydrogens is 240 g/mol. The predicted molar refractivity (Wildman–Crippen MR) is 63.1 cm³/mol. The Kier molecular flexibility index (Phi) is 4.27. The van der Waals surface area contributed by atoms with Crippen LogP contribution in [0.4, 0.5) is 8.78 Å². The van der Waals surface area contributed by atoms with E-state index in [1.54, 1.807) is 0 Å². The van der Waals surface area contributed by atoms with E-state index in [0.717, 1.165) is 6.07 Å². The van der Waals surface area contributed by atoms with Crippen LogP contribution in [-0.4, -0.2) is 30.5 Å². The SMILES string of the molecule is OC1(CNCc2cccc(F)c2F)CCOCC1. The summed E-state index contributed by atoms with van der Waals surface area (Å²) in [6, 6.07) is 4.09. The Morgan fingerprint density at radius 2 is 2.00 bits per heavy atom. The molecular formula is C13H17F2NO2. The third-order valence-corrected chi connectivity index (χ3v) is 3.22. The van der Waals surface area contributed by atoms with E-state index in [2.05, 4.69) is 5.32 Å². The van der Waals surface area contributed by atoms with E-state index in [1.165, 1.54) is 12.1 Å². The molecule has 0 bridgehead atoms. The van der Waals surface area contributed by atoms with E-state index in [4.69, 9.17) is 4.74 Å². The summed E-state index contributed by atoms with van der Waals surface area (Å²) in [4.78, 5) is 0. The Morgan fingerprint density at radius 1 is 1.28 bits per heavy atom. The maximum absolute atomic E-state index is 13.4. The first-order valence-corrected chi connectivity index (χ1v) is 6.04. The van der Waals surface area contributed by atoms with Gasteiger partial charge < -0.3 is 15.2 Å². The van der Waals surface area contributed by atoms with Gasteiger partial charge in [0.2, 0.25) is 0 Å². The molecule has 0 amide bonds. The fourth-order valence-electron chi connectivity index (χ4n) is 2.04. The van der Waals surface area contributed by atoms with E-state index in [1.807, 2.05) is 0 Å². The second-order valence-electron chi connectivity index (χ2n) is 4.65. The molecule has 2 rings (SSSR count). The molecule has 0 saturated carbocycles. The van der Waals surface area contributed by atoms with E-state index >= 15 is 0 Å². The van der Waals surface area contributed by atoms with Gasteiger partial charge in [0.05, 0.1) is 5.60 Å². The van der Waals surface area contributed by atoms with Crippen LogP contribution in [0.1, 0.15) is 18.4 Å². The van der Waals surface area contributed by atoms with Crippen LogP contribution in [0.15, 0.2) is 18.2 Å². The Hall–Kier alpha value is -1.04. The lowest BCUT2D eigenvalue weighted by Crippen LogP contribution is -2.44. The van der Waals surface area contributed by atoms with Crippen molar-refractivity contribution in [2.24, 2.45) is 0 Å². The smallest absolute Gasteiger partial charge is 0.163 e. The van der Waals surface area contributed by atoms with Crippen molar-refractivity contribution in [3.8, 4) is 0 Å². The molecule has 1 heterocycles. The fraction of sp³-hybridized carbons (Fsp3) is 0.538. The number of nitrogens with one attached hydrogen (secondary N) is 1. The monoisotopic (exact) mass is 257 g/mol. The number of halogens is 2. The average Bonchev–Trinajstić information content (AvgIpc) is 2.35. The molecule has 0 aromatic heterocycles. The Morgan fingerprint density at radius 3 is 2.72 bits per heavy atom. The highest BCUT2D eigenvalue weighted by Crippen LogP contribution is 2.19. The van der Waals surface area contributed by atoms with Crippen LogP contribution in [0.25, 0.3) is 0 Å². The molecule has 0 aliphatic carbocycles. The molecule has 0 unspecified atom stereocenters. The molecule has 2 N–H and O–H groups in total. The van der Waals surface area contributed by atoms with Crippen LogP contribution in [-0.2, 0) is 11.3 Å². The molecule has 1 aromatic rings. The summed E-state index contributed by atoms with van der Waals surface area (Å²) < 4.78 is 31.5. The largest absolute Gasteiger partial charge is 0.388 e. The van der Waals surface area contributed by atoms with Crippen molar-refractivity contribution in [1.29, 1.82) is 0 Å². The average molecular weight is 257 g/mol. The normalized spacial score (nSPS) is 18.8. The highest BCUT2D eigenvalue weighted by Gasteiger charge is 2.29. The first-order valence-electron chi connectivity index (χ1n) is 6.04. The van der Waals surface area contributed by atoms with Crippen LogP contribution in [0.5, 0.6) is 0 Å². The number of rotatable bonds is 4. The van der Waals surface area contributed by atoms with E-state index < -0.39 is 17.2 Å². The van der Waals surface area contributed by atoms with Crippen LogP contribution >= 0.6 is 0 Å². The molecule has 1 saturated heterocycles. The maximum Gasteiger partial charge on any atom is 0.163 e. The van der Waals surface area contributed by atoms with Gasteiger partial charge in [-0.05, 0) is 6.07 Å². The molecule has 1 fully saturated rings. The Labute approximate surface area is 105 Å². The highest BCUT2D eigenvalue weighted by molar-refractivity contribution is 5.18. The lowest BCUT2D eigenvalue weighted by Gasteiger charge is -2.32. The summed E-state index contributed by atoms with van der Waals surface area (Å²) in [6.07, 6.45) is 1.12. The summed E-state index contributed by atoms with van der Waals surface area (Å²) >= 11 is 0. The van der Waals surface area contributed by atoms with Gasteiger partial charge in [0, 0.05) is 44.7 Å². The number of aliphatic hydroxyl groups is 1. The molecule has 0 spiro atoms. The summed E-state index contributed by atoms with van der Waals surface area (Å²) in [5.41, 5.74) is -0.534. The number of benzene rings is 1. The van der Waals surface area contributed by atoms with Gasteiger partial charge >= 0.3 is 0 Å². The zero-order valence-electron chi connectivity index (χ0n) is 10.1. The predicted octanol–water partition coefficient (Wildman–Crippen LogP) is 1.60. The quantitative estimate of drug-likeness (QED) is 0.860. The van der Waals surface area contributed by atoms with Gasteiger partial charge in [-0.3, -0.25) is 0 Å². The third-order valence-electron chi connectivity index (χ3n) is 3.22. The van der Waals surface area contributed by atoms with Gasteiger partial charge in [0.1, 0.15) is 0 Å². The first kappa shape index (κ1) is 13.4. The summed E-state index contributed by atoms with van der Waals surface area (Å²) in [6.45, 7) is 1.62. The minimum atomic E-state index is -0.848. The standard InChI is InChI=1S/C13H17F2NO2/c14-11-3-1-2-10(12(11)15)8-16-9-13(17)4-6-18-7-5-13/h1-3,16-17H,4-9H2. The first-order chi connectivity index (χ1) is 8.61. The van der Waals surface area contributed by atoms with Crippen LogP contribution in [0.2, 0.25) is 0 Å².